The van der Waals surface area contributed by atoms with E-state index in [9.17, 15) is 9.59 Å². The third kappa shape index (κ3) is 2.56. The highest BCUT2D eigenvalue weighted by Gasteiger charge is 2.56. The van der Waals surface area contributed by atoms with E-state index in [1.807, 2.05) is 17.2 Å². The Balaban J connectivity index is 1.26. The number of aromatic nitrogens is 2. The molecule has 1 saturated heterocycles. The standard InChI is InChI=1S/C22H30N4O2/c27-20-2-1-5-24(20)13-19-14-25(12-18-3-4-23-26(18)19)21(28)22-9-15-6-16(10-22)8-17(7-15)11-22/h3-4,15-17,19H,1-2,5-14H2/t15?,16?,17?,19-,22?/m0/s1. The Hall–Kier alpha value is -1.85. The summed E-state index contributed by atoms with van der Waals surface area (Å²) in [6.07, 6.45) is 10.9. The molecule has 0 radical (unpaired) electrons. The van der Waals surface area contributed by atoms with Crippen LogP contribution in [0.4, 0.5) is 0 Å². The van der Waals surface area contributed by atoms with Gasteiger partial charge in [-0.25, -0.2) is 0 Å². The maximum Gasteiger partial charge on any atom is 0.229 e. The number of carbonyl (C=O) groups excluding carboxylic acids is 2. The van der Waals surface area contributed by atoms with Gasteiger partial charge in [0.15, 0.2) is 0 Å². The van der Waals surface area contributed by atoms with Crippen molar-refractivity contribution in [2.45, 2.75) is 64.0 Å². The quantitative estimate of drug-likeness (QED) is 0.807. The fraction of sp³-hybridized carbons (Fsp3) is 0.773. The van der Waals surface area contributed by atoms with E-state index in [-0.39, 0.29) is 17.4 Å². The fourth-order valence-electron chi connectivity index (χ4n) is 7.54. The Morgan fingerprint density at radius 1 is 1.14 bits per heavy atom. The van der Waals surface area contributed by atoms with E-state index in [2.05, 4.69) is 14.7 Å². The molecule has 4 saturated carbocycles. The number of likely N-dealkylation sites (tertiary alicyclic amines) is 1. The van der Waals surface area contributed by atoms with Gasteiger partial charge in [-0.05, 0) is 68.8 Å². The lowest BCUT2D eigenvalue weighted by Crippen LogP contribution is -2.56. The molecule has 2 aliphatic heterocycles. The van der Waals surface area contributed by atoms with Crippen molar-refractivity contribution in [3.8, 4) is 0 Å². The summed E-state index contributed by atoms with van der Waals surface area (Å²) in [6, 6.07) is 2.12. The second kappa shape index (κ2) is 6.07. The van der Waals surface area contributed by atoms with Crippen molar-refractivity contribution >= 4 is 11.8 Å². The van der Waals surface area contributed by atoms with Gasteiger partial charge in [0.05, 0.1) is 23.7 Å². The molecule has 5 fully saturated rings. The average molecular weight is 383 g/mol. The zero-order chi connectivity index (χ0) is 18.9. The van der Waals surface area contributed by atoms with Crippen LogP contribution < -0.4 is 0 Å². The number of hydrogen-bond acceptors (Lipinski definition) is 3. The Kier molecular flexibility index (Phi) is 3.70. The molecule has 1 aromatic heterocycles. The molecule has 7 rings (SSSR count). The number of hydrogen-bond donors (Lipinski definition) is 0. The van der Waals surface area contributed by atoms with Crippen LogP contribution in [0.15, 0.2) is 12.3 Å². The topological polar surface area (TPSA) is 58.4 Å². The van der Waals surface area contributed by atoms with Gasteiger partial charge < -0.3 is 9.80 Å². The predicted octanol–water partition coefficient (Wildman–Crippen LogP) is 2.61. The molecular formula is C22H30N4O2. The van der Waals surface area contributed by atoms with Gasteiger partial charge in [-0.15, -0.1) is 0 Å². The molecule has 0 unspecified atom stereocenters. The summed E-state index contributed by atoms with van der Waals surface area (Å²) >= 11 is 0. The number of carbonyl (C=O) groups is 2. The van der Waals surface area contributed by atoms with Crippen LogP contribution in [-0.4, -0.2) is 51.0 Å². The van der Waals surface area contributed by atoms with Crippen LogP contribution in [0.2, 0.25) is 0 Å². The third-order valence-corrected chi connectivity index (χ3v) is 8.26. The van der Waals surface area contributed by atoms with Crippen LogP contribution in [0.3, 0.4) is 0 Å². The summed E-state index contributed by atoms with van der Waals surface area (Å²) < 4.78 is 2.06. The molecule has 6 aliphatic rings. The van der Waals surface area contributed by atoms with E-state index >= 15 is 0 Å². The van der Waals surface area contributed by atoms with Crippen LogP contribution in [-0.2, 0) is 16.1 Å². The highest BCUT2D eigenvalue weighted by Crippen LogP contribution is 2.60. The van der Waals surface area contributed by atoms with Gasteiger partial charge in [0.1, 0.15) is 0 Å². The summed E-state index contributed by atoms with van der Waals surface area (Å²) in [6.45, 7) is 2.89. The van der Waals surface area contributed by atoms with Gasteiger partial charge in [0.25, 0.3) is 0 Å². The van der Waals surface area contributed by atoms with Crippen molar-refractivity contribution in [2.75, 3.05) is 19.6 Å². The van der Waals surface area contributed by atoms with Crippen molar-refractivity contribution in [2.24, 2.45) is 23.2 Å². The molecule has 1 aromatic rings. The van der Waals surface area contributed by atoms with Crippen LogP contribution in [0.5, 0.6) is 0 Å². The minimum Gasteiger partial charge on any atom is -0.340 e. The van der Waals surface area contributed by atoms with E-state index < -0.39 is 0 Å². The first-order valence-corrected chi connectivity index (χ1v) is 11.2. The Morgan fingerprint density at radius 2 is 1.86 bits per heavy atom. The van der Waals surface area contributed by atoms with Crippen LogP contribution in [0.25, 0.3) is 0 Å². The molecule has 0 aromatic carbocycles. The maximum atomic E-state index is 13.8. The molecule has 4 aliphatic carbocycles. The summed E-state index contributed by atoms with van der Waals surface area (Å²) in [7, 11) is 0. The molecule has 1 atom stereocenters. The molecule has 0 spiro atoms. The Morgan fingerprint density at radius 3 is 2.50 bits per heavy atom. The second-order valence-corrected chi connectivity index (χ2v) is 10.2. The van der Waals surface area contributed by atoms with Crippen LogP contribution in [0.1, 0.15) is 63.1 Å². The van der Waals surface area contributed by atoms with Crippen molar-refractivity contribution < 1.29 is 9.59 Å². The van der Waals surface area contributed by atoms with Gasteiger partial charge in [0, 0.05) is 32.3 Å². The van der Waals surface area contributed by atoms with Crippen molar-refractivity contribution in [3.63, 3.8) is 0 Å². The SMILES string of the molecule is O=C1CCCN1C[C@H]1CN(C(=O)C23CC4CC(CC(C4)C2)C3)Cc2ccnn21. The van der Waals surface area contributed by atoms with Crippen molar-refractivity contribution in [1.29, 1.82) is 0 Å². The Labute approximate surface area is 166 Å². The second-order valence-electron chi connectivity index (χ2n) is 10.2. The first-order chi connectivity index (χ1) is 13.6. The minimum atomic E-state index is -0.0923. The largest absolute Gasteiger partial charge is 0.340 e. The van der Waals surface area contributed by atoms with E-state index in [1.54, 1.807) is 0 Å². The molecule has 2 amide bonds. The van der Waals surface area contributed by atoms with Gasteiger partial charge in [0.2, 0.25) is 11.8 Å². The third-order valence-electron chi connectivity index (χ3n) is 8.26. The molecule has 6 nitrogen and oxygen atoms in total. The van der Waals surface area contributed by atoms with E-state index in [0.717, 1.165) is 55.7 Å². The lowest BCUT2D eigenvalue weighted by molar-refractivity contribution is -0.160. The van der Waals surface area contributed by atoms with E-state index in [0.29, 0.717) is 32.0 Å². The monoisotopic (exact) mass is 382 g/mol. The first kappa shape index (κ1) is 17.0. The van der Waals surface area contributed by atoms with Crippen molar-refractivity contribution in [3.05, 3.63) is 18.0 Å². The predicted molar refractivity (Wildman–Crippen MR) is 103 cm³/mol. The average Bonchev–Trinajstić information content (AvgIpc) is 3.29. The highest BCUT2D eigenvalue weighted by molar-refractivity contribution is 5.83. The summed E-state index contributed by atoms with van der Waals surface area (Å²) in [5.41, 5.74) is 1.02. The molecule has 6 heteroatoms. The molecule has 0 N–H and O–H groups in total. The number of amides is 2. The van der Waals surface area contributed by atoms with Crippen molar-refractivity contribution in [1.82, 2.24) is 19.6 Å². The zero-order valence-corrected chi connectivity index (χ0v) is 16.6. The smallest absolute Gasteiger partial charge is 0.229 e. The van der Waals surface area contributed by atoms with E-state index in [4.69, 9.17) is 0 Å². The fourth-order valence-corrected chi connectivity index (χ4v) is 7.54. The zero-order valence-electron chi connectivity index (χ0n) is 16.6. The van der Waals surface area contributed by atoms with Crippen LogP contribution >= 0.6 is 0 Å². The van der Waals surface area contributed by atoms with Crippen LogP contribution in [0, 0.1) is 23.2 Å². The number of nitrogens with zero attached hydrogens (tertiary/aromatic N) is 4. The molecule has 150 valence electrons. The maximum absolute atomic E-state index is 13.8. The summed E-state index contributed by atoms with van der Waals surface area (Å²) in [4.78, 5) is 30.1. The molecule has 4 bridgehead atoms. The number of rotatable bonds is 3. The van der Waals surface area contributed by atoms with Gasteiger partial charge >= 0.3 is 0 Å². The lowest BCUT2D eigenvalue weighted by atomic mass is 9.49. The molecule has 28 heavy (non-hydrogen) atoms. The van der Waals surface area contributed by atoms with Gasteiger partial charge in [-0.2, -0.15) is 5.10 Å². The summed E-state index contributed by atoms with van der Waals surface area (Å²) in [5, 5.41) is 4.53. The Bertz CT molecular complexity index is 780. The highest BCUT2D eigenvalue weighted by atomic mass is 16.2. The van der Waals surface area contributed by atoms with E-state index in [1.165, 1.54) is 19.3 Å². The first-order valence-electron chi connectivity index (χ1n) is 11.2. The normalized spacial score (nSPS) is 38.9. The minimum absolute atomic E-state index is 0.0821. The molecular weight excluding hydrogens is 352 g/mol. The van der Waals surface area contributed by atoms with Gasteiger partial charge in [-0.3, -0.25) is 14.3 Å². The summed E-state index contributed by atoms with van der Waals surface area (Å²) in [5.74, 6) is 2.99. The lowest BCUT2D eigenvalue weighted by Gasteiger charge is -2.57. The number of fused-ring (bicyclic) bond motifs is 1. The van der Waals surface area contributed by atoms with Gasteiger partial charge in [-0.1, -0.05) is 0 Å². The molecule has 3 heterocycles.